The molecule has 0 aliphatic carbocycles. The summed E-state index contributed by atoms with van der Waals surface area (Å²) in [4.78, 5) is 24.1. The Hall–Kier alpha value is -3.30. The highest BCUT2D eigenvalue weighted by Gasteiger charge is 2.31. The van der Waals surface area contributed by atoms with Gasteiger partial charge in [-0.25, -0.2) is 9.48 Å². The van der Waals surface area contributed by atoms with Crippen LogP contribution in [-0.4, -0.2) is 33.0 Å². The van der Waals surface area contributed by atoms with E-state index >= 15 is 0 Å². The van der Waals surface area contributed by atoms with E-state index in [2.05, 4.69) is 15.2 Å². The number of halogens is 3. The molecule has 0 aliphatic heterocycles. The Morgan fingerprint density at radius 3 is 2.56 bits per heavy atom. The SMILES string of the molecule is O=C(NCCCn1nc2ccccn2c1=O)c1ccc(OC(F)(F)F)cc1. The van der Waals surface area contributed by atoms with Gasteiger partial charge in [0.15, 0.2) is 5.65 Å². The van der Waals surface area contributed by atoms with Gasteiger partial charge in [0.2, 0.25) is 0 Å². The second-order valence-corrected chi connectivity index (χ2v) is 5.62. The largest absolute Gasteiger partial charge is 0.573 e. The van der Waals surface area contributed by atoms with Crippen molar-refractivity contribution < 1.29 is 22.7 Å². The second-order valence-electron chi connectivity index (χ2n) is 5.62. The Bertz CT molecular complexity index is 993. The number of rotatable bonds is 6. The minimum absolute atomic E-state index is 0.203. The quantitative estimate of drug-likeness (QED) is 0.666. The Morgan fingerprint density at radius 2 is 1.89 bits per heavy atom. The first-order valence-electron chi connectivity index (χ1n) is 8.02. The highest BCUT2D eigenvalue weighted by Crippen LogP contribution is 2.22. The molecular weight excluding hydrogens is 365 g/mol. The summed E-state index contributed by atoms with van der Waals surface area (Å²) in [5.74, 6) is -0.832. The highest BCUT2D eigenvalue weighted by atomic mass is 19.4. The van der Waals surface area contributed by atoms with Crippen molar-refractivity contribution in [2.24, 2.45) is 0 Å². The number of benzene rings is 1. The lowest BCUT2D eigenvalue weighted by molar-refractivity contribution is -0.274. The average Bonchev–Trinajstić information content (AvgIpc) is 2.94. The minimum Gasteiger partial charge on any atom is -0.406 e. The fourth-order valence-corrected chi connectivity index (χ4v) is 2.45. The van der Waals surface area contributed by atoms with Gasteiger partial charge in [0.05, 0.1) is 0 Å². The first-order chi connectivity index (χ1) is 12.8. The number of ether oxygens (including phenoxy) is 1. The molecule has 0 fully saturated rings. The molecule has 7 nitrogen and oxygen atoms in total. The molecule has 10 heteroatoms. The van der Waals surface area contributed by atoms with E-state index in [0.717, 1.165) is 12.1 Å². The number of alkyl halides is 3. The zero-order chi connectivity index (χ0) is 19.4. The Morgan fingerprint density at radius 1 is 1.15 bits per heavy atom. The summed E-state index contributed by atoms with van der Waals surface area (Å²) in [7, 11) is 0. The summed E-state index contributed by atoms with van der Waals surface area (Å²) in [6.07, 6.45) is -2.69. The highest BCUT2D eigenvalue weighted by molar-refractivity contribution is 5.94. The first-order valence-corrected chi connectivity index (χ1v) is 8.02. The molecule has 2 aromatic heterocycles. The molecule has 3 rings (SSSR count). The number of pyridine rings is 1. The minimum atomic E-state index is -4.78. The number of aromatic nitrogens is 3. The predicted molar refractivity (Wildman–Crippen MR) is 89.5 cm³/mol. The van der Waals surface area contributed by atoms with Crippen molar-refractivity contribution in [2.75, 3.05) is 6.54 Å². The molecule has 27 heavy (non-hydrogen) atoms. The molecule has 0 spiro atoms. The molecule has 1 aromatic carbocycles. The average molecular weight is 380 g/mol. The van der Waals surface area contributed by atoms with Crippen molar-refractivity contribution in [3.05, 3.63) is 64.7 Å². The third-order valence-corrected chi connectivity index (χ3v) is 3.67. The van der Waals surface area contributed by atoms with E-state index in [1.807, 2.05) is 0 Å². The van der Waals surface area contributed by atoms with Gasteiger partial charge in [0.1, 0.15) is 5.75 Å². The summed E-state index contributed by atoms with van der Waals surface area (Å²) >= 11 is 0. The number of carbonyl (C=O) groups is 1. The van der Waals surface area contributed by atoms with Crippen LogP contribution in [0.15, 0.2) is 53.5 Å². The van der Waals surface area contributed by atoms with Gasteiger partial charge >= 0.3 is 12.1 Å². The summed E-state index contributed by atoms with van der Waals surface area (Å²) < 4.78 is 42.8. The van der Waals surface area contributed by atoms with E-state index in [-0.39, 0.29) is 17.8 Å². The number of hydrogen-bond acceptors (Lipinski definition) is 4. The van der Waals surface area contributed by atoms with Crippen molar-refractivity contribution in [1.82, 2.24) is 19.5 Å². The summed E-state index contributed by atoms with van der Waals surface area (Å²) in [6, 6.07) is 9.83. The molecule has 0 saturated carbocycles. The molecule has 0 radical (unpaired) electrons. The van der Waals surface area contributed by atoms with Crippen molar-refractivity contribution in [3.8, 4) is 5.75 Å². The normalized spacial score (nSPS) is 11.5. The third-order valence-electron chi connectivity index (χ3n) is 3.67. The molecule has 3 aromatic rings. The first kappa shape index (κ1) is 18.5. The van der Waals surface area contributed by atoms with E-state index in [1.54, 1.807) is 24.4 Å². The van der Waals surface area contributed by atoms with Gasteiger partial charge in [-0.15, -0.1) is 18.3 Å². The monoisotopic (exact) mass is 380 g/mol. The fraction of sp³-hybridized carbons (Fsp3) is 0.235. The van der Waals surface area contributed by atoms with Crippen LogP contribution in [0.5, 0.6) is 5.75 Å². The van der Waals surface area contributed by atoms with Crippen LogP contribution in [-0.2, 0) is 6.54 Å². The van der Waals surface area contributed by atoms with Crippen molar-refractivity contribution in [3.63, 3.8) is 0 Å². The predicted octanol–water partition coefficient (Wildman–Crippen LogP) is 2.21. The maximum Gasteiger partial charge on any atom is 0.573 e. The van der Waals surface area contributed by atoms with Gasteiger partial charge in [-0.1, -0.05) is 6.07 Å². The van der Waals surface area contributed by atoms with E-state index in [1.165, 1.54) is 21.2 Å². The number of carbonyl (C=O) groups excluding carboxylic acids is 1. The van der Waals surface area contributed by atoms with Crippen molar-refractivity contribution in [2.45, 2.75) is 19.3 Å². The van der Waals surface area contributed by atoms with Crippen LogP contribution >= 0.6 is 0 Å². The Kier molecular flexibility index (Phi) is 5.15. The number of fused-ring (bicyclic) bond motifs is 1. The number of hydrogen-bond donors (Lipinski definition) is 1. The Balaban J connectivity index is 1.50. The van der Waals surface area contributed by atoms with Crippen LogP contribution in [0.25, 0.3) is 5.65 Å². The zero-order valence-corrected chi connectivity index (χ0v) is 13.9. The molecule has 2 heterocycles. The van der Waals surface area contributed by atoms with E-state index in [9.17, 15) is 22.8 Å². The van der Waals surface area contributed by atoms with Crippen LogP contribution in [0.1, 0.15) is 16.8 Å². The second kappa shape index (κ2) is 7.52. The number of amides is 1. The molecule has 0 aliphatic rings. The van der Waals surface area contributed by atoms with Gasteiger partial charge in [-0.05, 0) is 42.8 Å². The lowest BCUT2D eigenvalue weighted by Crippen LogP contribution is -2.27. The maximum atomic E-state index is 12.1. The molecule has 0 unspecified atom stereocenters. The van der Waals surface area contributed by atoms with Crippen LogP contribution in [0, 0.1) is 0 Å². The smallest absolute Gasteiger partial charge is 0.406 e. The van der Waals surface area contributed by atoms with Gasteiger partial charge < -0.3 is 10.1 Å². The summed E-state index contributed by atoms with van der Waals surface area (Å²) in [5.41, 5.74) is 0.472. The zero-order valence-electron chi connectivity index (χ0n) is 13.9. The van der Waals surface area contributed by atoms with Crippen LogP contribution in [0.4, 0.5) is 13.2 Å². The van der Waals surface area contributed by atoms with Crippen molar-refractivity contribution in [1.29, 1.82) is 0 Å². The maximum absolute atomic E-state index is 12.1. The topological polar surface area (TPSA) is 77.6 Å². The van der Waals surface area contributed by atoms with Gasteiger partial charge in [0.25, 0.3) is 5.91 Å². The van der Waals surface area contributed by atoms with Crippen LogP contribution in [0.3, 0.4) is 0 Å². The van der Waals surface area contributed by atoms with Gasteiger partial charge in [-0.2, -0.15) is 0 Å². The van der Waals surface area contributed by atoms with Crippen molar-refractivity contribution >= 4 is 11.6 Å². The summed E-state index contributed by atoms with van der Waals surface area (Å²) in [6.45, 7) is 0.596. The van der Waals surface area contributed by atoms with E-state index in [0.29, 0.717) is 18.6 Å². The third kappa shape index (κ3) is 4.66. The molecule has 1 amide bonds. The van der Waals surface area contributed by atoms with E-state index in [4.69, 9.17) is 0 Å². The molecular formula is C17H15F3N4O3. The fourth-order valence-electron chi connectivity index (χ4n) is 2.45. The number of aryl methyl sites for hydroxylation is 1. The van der Waals surface area contributed by atoms with Gasteiger partial charge in [-0.3, -0.25) is 9.20 Å². The van der Waals surface area contributed by atoms with Crippen LogP contribution in [0.2, 0.25) is 0 Å². The molecule has 0 saturated heterocycles. The standard InChI is InChI=1S/C17H15F3N4O3/c18-17(19,20)27-13-7-5-12(6-8-13)15(25)21-9-3-11-24-16(26)23-10-2-1-4-14(23)22-24/h1-2,4-8,10H,3,9,11H2,(H,21,25). The summed E-state index contributed by atoms with van der Waals surface area (Å²) in [5, 5.41) is 6.81. The molecule has 0 bridgehead atoms. The Labute approximate surface area is 151 Å². The molecule has 142 valence electrons. The van der Waals surface area contributed by atoms with E-state index < -0.39 is 18.0 Å². The number of nitrogens with one attached hydrogen (secondary N) is 1. The molecule has 0 atom stereocenters. The lowest BCUT2D eigenvalue weighted by Gasteiger charge is -2.09. The molecule has 1 N–H and O–H groups in total. The number of nitrogens with zero attached hydrogens (tertiary/aromatic N) is 3. The van der Waals surface area contributed by atoms with Crippen LogP contribution < -0.4 is 15.7 Å². The lowest BCUT2D eigenvalue weighted by atomic mass is 10.2. The van der Waals surface area contributed by atoms with Gasteiger partial charge in [0, 0.05) is 24.8 Å².